The summed E-state index contributed by atoms with van der Waals surface area (Å²) in [5, 5.41) is 2.45. The minimum atomic E-state index is 0.186. The first-order valence-electron chi connectivity index (χ1n) is 10.9. The fourth-order valence-corrected chi connectivity index (χ4v) is 4.17. The molecule has 0 saturated carbocycles. The lowest BCUT2D eigenvalue weighted by Gasteiger charge is -2.16. The van der Waals surface area contributed by atoms with Crippen molar-refractivity contribution in [3.8, 4) is 22.4 Å². The zero-order valence-corrected chi connectivity index (χ0v) is 19.7. The van der Waals surface area contributed by atoms with E-state index in [-0.39, 0.29) is 5.41 Å². The van der Waals surface area contributed by atoms with Crippen molar-refractivity contribution in [3.63, 3.8) is 0 Å². The predicted octanol–water partition coefficient (Wildman–Crippen LogP) is 6.30. The molecule has 4 rings (SSSR count). The van der Waals surface area contributed by atoms with E-state index in [4.69, 9.17) is 0 Å². The quantitative estimate of drug-likeness (QED) is 0.371. The lowest BCUT2D eigenvalue weighted by molar-refractivity contribution is -0.659. The van der Waals surface area contributed by atoms with Crippen LogP contribution >= 0.6 is 0 Å². The zero-order valence-electron chi connectivity index (χ0n) is 19.7. The Labute approximate surface area is 185 Å². The van der Waals surface area contributed by atoms with Crippen LogP contribution in [0.5, 0.6) is 0 Å². The third kappa shape index (κ3) is 4.51. The third-order valence-electron chi connectivity index (χ3n) is 5.91. The van der Waals surface area contributed by atoms with Gasteiger partial charge in [-0.15, -0.1) is 0 Å². The van der Waals surface area contributed by atoms with E-state index in [1.807, 2.05) is 12.4 Å². The molecule has 2 heterocycles. The first-order chi connectivity index (χ1) is 14.6. The lowest BCUT2D eigenvalue weighted by Crippen LogP contribution is -2.30. The molecular weight excluding hydrogens is 378 g/mol. The number of pyridine rings is 1. The predicted molar refractivity (Wildman–Crippen MR) is 129 cm³/mol. The Bertz CT molecular complexity index is 1260. The van der Waals surface area contributed by atoms with Crippen molar-refractivity contribution >= 4 is 10.8 Å². The van der Waals surface area contributed by atoms with E-state index in [9.17, 15) is 0 Å². The molecule has 0 saturated heterocycles. The van der Waals surface area contributed by atoms with Gasteiger partial charge in [0.2, 0.25) is 5.69 Å². The highest BCUT2D eigenvalue weighted by atomic mass is 14.9. The van der Waals surface area contributed by atoms with Crippen LogP contribution in [0, 0.1) is 26.2 Å². The van der Waals surface area contributed by atoms with Crippen molar-refractivity contribution in [2.24, 2.45) is 12.5 Å². The minimum Gasteiger partial charge on any atom is -0.241 e. The van der Waals surface area contributed by atoms with Gasteiger partial charge in [-0.05, 0) is 60.4 Å². The summed E-state index contributed by atoms with van der Waals surface area (Å²) in [7, 11) is 2.13. The van der Waals surface area contributed by atoms with Gasteiger partial charge < -0.3 is 0 Å². The van der Waals surface area contributed by atoms with Gasteiger partial charge in [-0.1, -0.05) is 44.5 Å². The molecule has 3 heteroatoms. The molecule has 0 N–H and O–H groups in total. The number of nitrogens with zero attached hydrogens (tertiary/aromatic N) is 3. The SMILES string of the molecule is Cc1cc(C)c(C)c(-c2cc3ccc(-c4cnc(CC(C)(C)C)nc4)cc3c[n+]2C)c1. The summed E-state index contributed by atoms with van der Waals surface area (Å²) >= 11 is 0. The van der Waals surface area contributed by atoms with Crippen molar-refractivity contribution in [1.82, 2.24) is 9.97 Å². The Morgan fingerprint density at radius 3 is 2.23 bits per heavy atom. The minimum absolute atomic E-state index is 0.186. The largest absolute Gasteiger partial charge is 0.241 e. The molecule has 0 atom stereocenters. The lowest BCUT2D eigenvalue weighted by atomic mass is 9.92. The average Bonchev–Trinajstić information content (AvgIpc) is 2.69. The molecule has 0 bridgehead atoms. The highest BCUT2D eigenvalue weighted by Gasteiger charge is 2.17. The van der Waals surface area contributed by atoms with E-state index in [2.05, 4.69) is 106 Å². The van der Waals surface area contributed by atoms with Crippen LogP contribution in [0.3, 0.4) is 0 Å². The Morgan fingerprint density at radius 1 is 0.839 bits per heavy atom. The van der Waals surface area contributed by atoms with Gasteiger partial charge in [-0.25, -0.2) is 14.5 Å². The van der Waals surface area contributed by atoms with Crippen molar-refractivity contribution < 1.29 is 4.57 Å². The Hall–Kier alpha value is -3.07. The molecule has 158 valence electrons. The molecule has 4 aromatic rings. The number of aryl methyl sites for hydroxylation is 3. The normalized spacial score (nSPS) is 11.8. The molecule has 0 spiro atoms. The molecule has 0 unspecified atom stereocenters. The number of hydrogen-bond acceptors (Lipinski definition) is 2. The highest BCUT2D eigenvalue weighted by Crippen LogP contribution is 2.29. The summed E-state index contributed by atoms with van der Waals surface area (Å²) < 4.78 is 2.23. The number of benzene rings is 2. The average molecular weight is 411 g/mol. The Kier molecular flexibility index (Phi) is 5.38. The Morgan fingerprint density at radius 2 is 1.55 bits per heavy atom. The summed E-state index contributed by atoms with van der Waals surface area (Å²) in [6.45, 7) is 13.2. The van der Waals surface area contributed by atoms with Crippen LogP contribution < -0.4 is 4.57 Å². The van der Waals surface area contributed by atoms with E-state index in [0.29, 0.717) is 0 Å². The molecule has 0 aliphatic rings. The van der Waals surface area contributed by atoms with Crippen LogP contribution in [0.15, 0.2) is 55.0 Å². The second-order valence-corrected chi connectivity index (χ2v) is 9.99. The number of rotatable bonds is 3. The molecule has 31 heavy (non-hydrogen) atoms. The van der Waals surface area contributed by atoms with E-state index in [0.717, 1.165) is 23.4 Å². The second kappa shape index (κ2) is 7.88. The molecule has 3 nitrogen and oxygen atoms in total. The van der Waals surface area contributed by atoms with Crippen LogP contribution in [0.1, 0.15) is 43.3 Å². The Balaban J connectivity index is 1.72. The standard InChI is InChI=1S/C28H32N3/c1-18-10-19(2)20(3)25(11-18)26-13-22-9-8-21(12-23(22)17-31(26)7)24-15-29-27(30-16-24)14-28(4,5)6/h8-13,15-17H,14H2,1-7H3/q+1. The molecule has 0 aliphatic heterocycles. The highest BCUT2D eigenvalue weighted by molar-refractivity contribution is 5.88. The molecule has 0 aliphatic carbocycles. The summed E-state index contributed by atoms with van der Waals surface area (Å²) in [6.07, 6.45) is 6.99. The maximum Gasteiger partial charge on any atom is 0.213 e. The van der Waals surface area contributed by atoms with E-state index in [1.165, 1.54) is 38.7 Å². The van der Waals surface area contributed by atoms with Crippen molar-refractivity contribution in [2.75, 3.05) is 0 Å². The van der Waals surface area contributed by atoms with Gasteiger partial charge in [0.25, 0.3) is 0 Å². The molecule has 0 radical (unpaired) electrons. The van der Waals surface area contributed by atoms with Crippen LogP contribution in [0.25, 0.3) is 33.2 Å². The summed E-state index contributed by atoms with van der Waals surface area (Å²) in [5.41, 5.74) is 8.88. The summed E-state index contributed by atoms with van der Waals surface area (Å²) in [4.78, 5) is 9.20. The summed E-state index contributed by atoms with van der Waals surface area (Å²) in [6, 6.07) is 13.4. The second-order valence-electron chi connectivity index (χ2n) is 9.99. The fraction of sp³-hybridized carbons (Fsp3) is 0.321. The molecule has 0 amide bonds. The van der Waals surface area contributed by atoms with Crippen molar-refractivity contribution in [2.45, 2.75) is 48.0 Å². The number of aromatic nitrogens is 3. The van der Waals surface area contributed by atoms with Gasteiger partial charge in [-0.3, -0.25) is 0 Å². The van der Waals surface area contributed by atoms with Crippen molar-refractivity contribution in [3.05, 3.63) is 77.5 Å². The van der Waals surface area contributed by atoms with Gasteiger partial charge in [0.1, 0.15) is 12.9 Å². The van der Waals surface area contributed by atoms with Crippen LogP contribution in [0.4, 0.5) is 0 Å². The first-order valence-corrected chi connectivity index (χ1v) is 10.9. The van der Waals surface area contributed by atoms with Crippen LogP contribution in [0.2, 0.25) is 0 Å². The molecule has 2 aromatic carbocycles. The summed E-state index contributed by atoms with van der Waals surface area (Å²) in [5.74, 6) is 0.900. The van der Waals surface area contributed by atoms with Crippen LogP contribution in [-0.4, -0.2) is 9.97 Å². The van der Waals surface area contributed by atoms with E-state index < -0.39 is 0 Å². The maximum atomic E-state index is 4.60. The van der Waals surface area contributed by atoms with Crippen LogP contribution in [-0.2, 0) is 13.5 Å². The van der Waals surface area contributed by atoms with E-state index >= 15 is 0 Å². The maximum absolute atomic E-state index is 4.60. The van der Waals surface area contributed by atoms with Gasteiger partial charge in [0.05, 0.1) is 0 Å². The fourth-order valence-electron chi connectivity index (χ4n) is 4.17. The zero-order chi connectivity index (χ0) is 22.3. The number of hydrogen-bond donors (Lipinski definition) is 0. The first kappa shape index (κ1) is 21.2. The third-order valence-corrected chi connectivity index (χ3v) is 5.91. The van der Waals surface area contributed by atoms with Gasteiger partial charge in [-0.2, -0.15) is 0 Å². The smallest absolute Gasteiger partial charge is 0.213 e. The number of fused-ring (bicyclic) bond motifs is 1. The topological polar surface area (TPSA) is 29.7 Å². The van der Waals surface area contributed by atoms with E-state index in [1.54, 1.807) is 0 Å². The van der Waals surface area contributed by atoms with Gasteiger partial charge >= 0.3 is 0 Å². The molecule has 0 fully saturated rings. The molecule has 2 aromatic heterocycles. The monoisotopic (exact) mass is 410 g/mol. The van der Waals surface area contributed by atoms with Crippen molar-refractivity contribution in [1.29, 1.82) is 0 Å². The van der Waals surface area contributed by atoms with Gasteiger partial charge in [0, 0.05) is 41.4 Å². The molecular formula is C28H32N3+. The van der Waals surface area contributed by atoms with Gasteiger partial charge in [0.15, 0.2) is 6.20 Å².